The molecule has 2 aromatic rings. The molecule has 2 nitrogen and oxygen atoms in total. The van der Waals surface area contributed by atoms with Crippen LogP contribution in [0, 0.1) is 6.92 Å². The van der Waals surface area contributed by atoms with Crippen molar-refractivity contribution in [3.05, 3.63) is 34.7 Å². The Hall–Kier alpha value is -1.22. The fraction of sp³-hybridized carbons (Fsp3) is 0.111. The van der Waals surface area contributed by atoms with Crippen molar-refractivity contribution in [2.45, 2.75) is 6.92 Å². The van der Waals surface area contributed by atoms with E-state index in [2.05, 4.69) is 15.6 Å². The molecule has 0 N–H and O–H groups in total. The molecule has 3 heteroatoms. The number of thiophene rings is 1. The molecule has 0 bridgehead atoms. The topological polar surface area (TPSA) is 25.8 Å². The van der Waals surface area contributed by atoms with Crippen LogP contribution in [0.5, 0.6) is 0 Å². The van der Waals surface area contributed by atoms with Crippen molar-refractivity contribution in [1.82, 2.24) is 10.2 Å². The highest BCUT2D eigenvalue weighted by atomic mass is 32.1. The highest BCUT2D eigenvalue weighted by Crippen LogP contribution is 2.19. The monoisotopic (exact) mass is 176 g/mol. The van der Waals surface area contributed by atoms with Crippen LogP contribution >= 0.6 is 11.3 Å². The fourth-order valence-electron chi connectivity index (χ4n) is 1.02. The number of hydrogen-bond acceptors (Lipinski definition) is 3. The van der Waals surface area contributed by atoms with Crippen LogP contribution in [0.25, 0.3) is 11.3 Å². The average Bonchev–Trinajstić information content (AvgIpc) is 2.56. The minimum Gasteiger partial charge on any atom is -0.158 e. The maximum Gasteiger partial charge on any atom is 0.0940 e. The second kappa shape index (κ2) is 3.03. The highest BCUT2D eigenvalue weighted by molar-refractivity contribution is 7.08. The molecule has 0 spiro atoms. The molecular weight excluding hydrogens is 168 g/mol. The van der Waals surface area contributed by atoms with E-state index in [0.29, 0.717) is 0 Å². The molecule has 0 amide bonds. The summed E-state index contributed by atoms with van der Waals surface area (Å²) in [6.07, 6.45) is 1.76. The summed E-state index contributed by atoms with van der Waals surface area (Å²) in [5, 5.41) is 12.0. The lowest BCUT2D eigenvalue weighted by molar-refractivity contribution is 1.02. The van der Waals surface area contributed by atoms with Crippen molar-refractivity contribution < 1.29 is 0 Å². The summed E-state index contributed by atoms with van der Waals surface area (Å²) in [6, 6.07) is 4.09. The van der Waals surface area contributed by atoms with Gasteiger partial charge in [0.1, 0.15) is 0 Å². The number of nitrogens with zero attached hydrogens (tertiary/aromatic N) is 2. The van der Waals surface area contributed by atoms with E-state index < -0.39 is 0 Å². The van der Waals surface area contributed by atoms with E-state index in [1.807, 2.05) is 24.4 Å². The van der Waals surface area contributed by atoms with E-state index in [-0.39, 0.29) is 0 Å². The Balaban J connectivity index is 2.48. The Labute approximate surface area is 74.9 Å². The molecule has 0 fully saturated rings. The van der Waals surface area contributed by atoms with Crippen LogP contribution in [-0.2, 0) is 0 Å². The SMILES string of the molecule is Cc1cnnc(-c2ccsc2)c1. The zero-order valence-corrected chi connectivity index (χ0v) is 7.51. The normalized spacial score (nSPS) is 10.1. The van der Waals surface area contributed by atoms with Gasteiger partial charge in [-0.3, -0.25) is 0 Å². The third-order valence-corrected chi connectivity index (χ3v) is 2.29. The Morgan fingerprint density at radius 1 is 1.42 bits per heavy atom. The van der Waals surface area contributed by atoms with Crippen molar-refractivity contribution in [3.63, 3.8) is 0 Å². The summed E-state index contributed by atoms with van der Waals surface area (Å²) in [5.41, 5.74) is 3.25. The lowest BCUT2D eigenvalue weighted by Gasteiger charge is -1.95. The zero-order valence-electron chi connectivity index (χ0n) is 6.69. The Morgan fingerprint density at radius 2 is 2.33 bits per heavy atom. The number of hydrogen-bond donors (Lipinski definition) is 0. The molecule has 0 aliphatic carbocycles. The van der Waals surface area contributed by atoms with Crippen LogP contribution in [0.2, 0.25) is 0 Å². The van der Waals surface area contributed by atoms with Crippen LogP contribution in [-0.4, -0.2) is 10.2 Å². The molecule has 2 heterocycles. The third-order valence-electron chi connectivity index (χ3n) is 1.61. The Morgan fingerprint density at radius 3 is 3.00 bits per heavy atom. The first-order valence-corrected chi connectivity index (χ1v) is 4.62. The average molecular weight is 176 g/mol. The number of rotatable bonds is 1. The van der Waals surface area contributed by atoms with Gasteiger partial charge in [-0.05, 0) is 30.0 Å². The number of aryl methyl sites for hydroxylation is 1. The standard InChI is InChI=1S/C9H8N2S/c1-7-4-9(11-10-5-7)8-2-3-12-6-8/h2-6H,1H3. The summed E-state index contributed by atoms with van der Waals surface area (Å²) in [5.74, 6) is 0. The van der Waals surface area contributed by atoms with E-state index >= 15 is 0 Å². The van der Waals surface area contributed by atoms with E-state index in [0.717, 1.165) is 16.8 Å². The van der Waals surface area contributed by atoms with E-state index in [9.17, 15) is 0 Å². The summed E-state index contributed by atoms with van der Waals surface area (Å²) in [6.45, 7) is 2.02. The summed E-state index contributed by atoms with van der Waals surface area (Å²) in [7, 11) is 0. The molecule has 0 atom stereocenters. The Kier molecular flexibility index (Phi) is 1.87. The molecular formula is C9H8N2S. The van der Waals surface area contributed by atoms with Crippen LogP contribution in [0.4, 0.5) is 0 Å². The van der Waals surface area contributed by atoms with Crippen LogP contribution in [0.15, 0.2) is 29.1 Å². The number of aromatic nitrogens is 2. The third kappa shape index (κ3) is 1.36. The molecule has 2 rings (SSSR count). The van der Waals surface area contributed by atoms with Gasteiger partial charge in [0.15, 0.2) is 0 Å². The van der Waals surface area contributed by atoms with Crippen LogP contribution in [0.3, 0.4) is 0 Å². The molecule has 0 unspecified atom stereocenters. The quantitative estimate of drug-likeness (QED) is 0.667. The van der Waals surface area contributed by atoms with E-state index in [1.54, 1.807) is 17.5 Å². The maximum absolute atomic E-state index is 4.04. The van der Waals surface area contributed by atoms with Crippen molar-refractivity contribution in [3.8, 4) is 11.3 Å². The molecule has 0 saturated heterocycles. The first-order chi connectivity index (χ1) is 5.86. The van der Waals surface area contributed by atoms with Crippen molar-refractivity contribution >= 4 is 11.3 Å². The van der Waals surface area contributed by atoms with Crippen molar-refractivity contribution in [2.75, 3.05) is 0 Å². The van der Waals surface area contributed by atoms with Crippen molar-refractivity contribution in [1.29, 1.82) is 0 Å². The lowest BCUT2D eigenvalue weighted by Crippen LogP contribution is -1.86. The maximum atomic E-state index is 4.04. The molecule has 0 aromatic carbocycles. The molecule has 0 saturated carbocycles. The van der Waals surface area contributed by atoms with Gasteiger partial charge in [0, 0.05) is 10.9 Å². The Bertz CT molecular complexity index is 368. The van der Waals surface area contributed by atoms with Crippen molar-refractivity contribution in [2.24, 2.45) is 0 Å². The summed E-state index contributed by atoms with van der Waals surface area (Å²) >= 11 is 1.67. The predicted molar refractivity (Wildman–Crippen MR) is 50.1 cm³/mol. The van der Waals surface area contributed by atoms with Gasteiger partial charge in [-0.2, -0.15) is 21.5 Å². The summed E-state index contributed by atoms with van der Waals surface area (Å²) in [4.78, 5) is 0. The predicted octanol–water partition coefficient (Wildman–Crippen LogP) is 2.51. The largest absolute Gasteiger partial charge is 0.158 e. The molecule has 0 aliphatic rings. The van der Waals surface area contributed by atoms with Gasteiger partial charge in [-0.25, -0.2) is 0 Å². The molecule has 0 radical (unpaired) electrons. The minimum absolute atomic E-state index is 0.955. The summed E-state index contributed by atoms with van der Waals surface area (Å²) < 4.78 is 0. The first kappa shape index (κ1) is 7.43. The second-order valence-electron chi connectivity index (χ2n) is 2.63. The van der Waals surface area contributed by atoms with Crippen LogP contribution < -0.4 is 0 Å². The fourth-order valence-corrected chi connectivity index (χ4v) is 1.66. The van der Waals surface area contributed by atoms with Gasteiger partial charge in [-0.1, -0.05) is 0 Å². The van der Waals surface area contributed by atoms with Gasteiger partial charge >= 0.3 is 0 Å². The second-order valence-corrected chi connectivity index (χ2v) is 3.41. The zero-order chi connectivity index (χ0) is 8.39. The van der Waals surface area contributed by atoms with Gasteiger partial charge < -0.3 is 0 Å². The molecule has 2 aromatic heterocycles. The molecule has 12 heavy (non-hydrogen) atoms. The van der Waals surface area contributed by atoms with E-state index in [1.165, 1.54) is 0 Å². The smallest absolute Gasteiger partial charge is 0.0940 e. The van der Waals surface area contributed by atoms with Gasteiger partial charge in [0.05, 0.1) is 11.9 Å². The van der Waals surface area contributed by atoms with E-state index in [4.69, 9.17) is 0 Å². The lowest BCUT2D eigenvalue weighted by atomic mass is 10.2. The van der Waals surface area contributed by atoms with Gasteiger partial charge in [0.2, 0.25) is 0 Å². The molecule has 0 aliphatic heterocycles. The molecule has 60 valence electrons. The minimum atomic E-state index is 0.955. The van der Waals surface area contributed by atoms with Gasteiger partial charge in [0.25, 0.3) is 0 Å². The van der Waals surface area contributed by atoms with Gasteiger partial charge in [-0.15, -0.1) is 0 Å². The highest BCUT2D eigenvalue weighted by Gasteiger charge is 1.98. The first-order valence-electron chi connectivity index (χ1n) is 3.68. The van der Waals surface area contributed by atoms with Crippen LogP contribution in [0.1, 0.15) is 5.56 Å².